The van der Waals surface area contributed by atoms with Crippen LogP contribution in [0.4, 0.5) is 11.6 Å². The van der Waals surface area contributed by atoms with Gasteiger partial charge in [-0.3, -0.25) is 0 Å². The molecule has 0 saturated heterocycles. The molecular formula is C20H22N4O5. The summed E-state index contributed by atoms with van der Waals surface area (Å²) in [5.41, 5.74) is 1.44. The molecule has 0 aliphatic heterocycles. The van der Waals surface area contributed by atoms with Crippen LogP contribution in [-0.2, 0) is 0 Å². The molecule has 152 valence electrons. The van der Waals surface area contributed by atoms with Gasteiger partial charge in [0, 0.05) is 23.4 Å². The van der Waals surface area contributed by atoms with E-state index in [4.69, 9.17) is 23.7 Å². The first-order valence-electron chi connectivity index (χ1n) is 8.63. The number of rotatable bonds is 8. The van der Waals surface area contributed by atoms with Crippen LogP contribution in [0, 0.1) is 0 Å². The van der Waals surface area contributed by atoms with Gasteiger partial charge < -0.3 is 29.0 Å². The van der Waals surface area contributed by atoms with Gasteiger partial charge >= 0.3 is 6.01 Å². The summed E-state index contributed by atoms with van der Waals surface area (Å²) in [4.78, 5) is 13.1. The second-order valence-electron chi connectivity index (χ2n) is 5.74. The number of ether oxygens (including phenoxy) is 5. The number of benzene rings is 2. The first-order chi connectivity index (χ1) is 14.1. The molecule has 1 aromatic heterocycles. The van der Waals surface area contributed by atoms with Crippen LogP contribution >= 0.6 is 0 Å². The second-order valence-corrected chi connectivity index (χ2v) is 5.74. The standard InChI is InChI=1S/C20H22N4O5/c1-25-14-8-6-12(7-9-14)18-22-19(24-20(23-18)29-5)21-13-10-15(26-2)17(28-4)16(11-13)27-3/h6-11H,1-5H3,(H,21,22,23,24). The van der Waals surface area contributed by atoms with E-state index in [1.54, 1.807) is 40.6 Å². The lowest BCUT2D eigenvalue weighted by molar-refractivity contribution is 0.324. The fourth-order valence-corrected chi connectivity index (χ4v) is 2.66. The van der Waals surface area contributed by atoms with Crippen LogP contribution in [0.3, 0.4) is 0 Å². The van der Waals surface area contributed by atoms with Crippen molar-refractivity contribution >= 4 is 11.6 Å². The lowest BCUT2D eigenvalue weighted by Crippen LogP contribution is -2.04. The zero-order valence-electron chi connectivity index (χ0n) is 16.8. The summed E-state index contributed by atoms with van der Waals surface area (Å²) >= 11 is 0. The van der Waals surface area contributed by atoms with Crippen molar-refractivity contribution in [2.75, 3.05) is 40.9 Å². The first kappa shape index (κ1) is 20.0. The van der Waals surface area contributed by atoms with E-state index in [-0.39, 0.29) is 6.01 Å². The number of anilines is 2. The molecule has 3 rings (SSSR count). The Hall–Kier alpha value is -3.75. The molecule has 9 nitrogen and oxygen atoms in total. The molecule has 0 aliphatic carbocycles. The summed E-state index contributed by atoms with van der Waals surface area (Å²) in [7, 11) is 7.76. The Morgan fingerprint density at radius 3 is 1.86 bits per heavy atom. The van der Waals surface area contributed by atoms with E-state index in [1.165, 1.54) is 7.11 Å². The summed E-state index contributed by atoms with van der Waals surface area (Å²) in [6.45, 7) is 0. The summed E-state index contributed by atoms with van der Waals surface area (Å²) in [6, 6.07) is 11.1. The number of methoxy groups -OCH3 is 5. The lowest BCUT2D eigenvalue weighted by atomic mass is 10.2. The summed E-state index contributed by atoms with van der Waals surface area (Å²) in [5.74, 6) is 3.00. The van der Waals surface area contributed by atoms with Gasteiger partial charge in [-0.25, -0.2) is 0 Å². The first-order valence-corrected chi connectivity index (χ1v) is 8.63. The van der Waals surface area contributed by atoms with Crippen molar-refractivity contribution in [3.05, 3.63) is 36.4 Å². The van der Waals surface area contributed by atoms with Gasteiger partial charge in [-0.2, -0.15) is 15.0 Å². The molecule has 3 aromatic rings. The molecule has 1 N–H and O–H groups in total. The van der Waals surface area contributed by atoms with Gasteiger partial charge in [0.25, 0.3) is 0 Å². The van der Waals surface area contributed by atoms with E-state index in [1.807, 2.05) is 24.3 Å². The number of hydrogen-bond acceptors (Lipinski definition) is 9. The predicted molar refractivity (Wildman–Crippen MR) is 108 cm³/mol. The van der Waals surface area contributed by atoms with Crippen molar-refractivity contribution in [2.24, 2.45) is 0 Å². The zero-order chi connectivity index (χ0) is 20.8. The lowest BCUT2D eigenvalue weighted by Gasteiger charge is -2.15. The molecule has 0 aliphatic rings. The number of nitrogens with zero attached hydrogens (tertiary/aromatic N) is 3. The number of aromatic nitrogens is 3. The van der Waals surface area contributed by atoms with Crippen molar-refractivity contribution in [3.63, 3.8) is 0 Å². The van der Waals surface area contributed by atoms with E-state index in [0.29, 0.717) is 34.7 Å². The minimum Gasteiger partial charge on any atom is -0.497 e. The normalized spacial score (nSPS) is 10.2. The summed E-state index contributed by atoms with van der Waals surface area (Å²) in [5, 5.41) is 3.13. The molecule has 9 heteroatoms. The number of nitrogens with one attached hydrogen (secondary N) is 1. The van der Waals surface area contributed by atoms with E-state index in [2.05, 4.69) is 20.3 Å². The van der Waals surface area contributed by atoms with E-state index in [9.17, 15) is 0 Å². The Morgan fingerprint density at radius 2 is 1.34 bits per heavy atom. The van der Waals surface area contributed by atoms with Gasteiger partial charge in [0.2, 0.25) is 11.7 Å². The Balaban J connectivity index is 1.98. The largest absolute Gasteiger partial charge is 0.497 e. The second kappa shape index (κ2) is 8.96. The Bertz CT molecular complexity index is 954. The van der Waals surface area contributed by atoms with E-state index < -0.39 is 0 Å². The summed E-state index contributed by atoms with van der Waals surface area (Å²) in [6.07, 6.45) is 0. The molecule has 2 aromatic carbocycles. The van der Waals surface area contributed by atoms with Crippen LogP contribution in [0.15, 0.2) is 36.4 Å². The Kier molecular flexibility index (Phi) is 6.18. The van der Waals surface area contributed by atoms with Crippen molar-refractivity contribution in [1.82, 2.24) is 15.0 Å². The molecule has 29 heavy (non-hydrogen) atoms. The molecule has 0 spiro atoms. The third kappa shape index (κ3) is 4.40. The third-order valence-electron chi connectivity index (χ3n) is 4.07. The molecule has 0 atom stereocenters. The van der Waals surface area contributed by atoms with Gasteiger partial charge in [-0.05, 0) is 24.3 Å². The summed E-state index contributed by atoms with van der Waals surface area (Å²) < 4.78 is 26.5. The van der Waals surface area contributed by atoms with Gasteiger partial charge in [0.1, 0.15) is 5.75 Å². The Labute approximate surface area is 168 Å². The molecule has 0 bridgehead atoms. The molecule has 0 amide bonds. The van der Waals surface area contributed by atoms with Gasteiger partial charge in [0.15, 0.2) is 17.3 Å². The highest BCUT2D eigenvalue weighted by Gasteiger charge is 2.15. The minimum atomic E-state index is 0.181. The average molecular weight is 398 g/mol. The predicted octanol–water partition coefficient (Wildman–Crippen LogP) is 3.33. The quantitative estimate of drug-likeness (QED) is 0.613. The van der Waals surface area contributed by atoms with Crippen LogP contribution < -0.4 is 29.0 Å². The van der Waals surface area contributed by atoms with Gasteiger partial charge in [0.05, 0.1) is 35.5 Å². The fraction of sp³-hybridized carbons (Fsp3) is 0.250. The minimum absolute atomic E-state index is 0.181. The highest BCUT2D eigenvalue weighted by molar-refractivity contribution is 5.66. The van der Waals surface area contributed by atoms with Crippen LogP contribution in [0.1, 0.15) is 0 Å². The monoisotopic (exact) mass is 398 g/mol. The molecule has 0 fully saturated rings. The van der Waals surface area contributed by atoms with Gasteiger partial charge in [-0.1, -0.05) is 0 Å². The molecule has 1 heterocycles. The molecule has 0 radical (unpaired) electrons. The molecular weight excluding hydrogens is 376 g/mol. The van der Waals surface area contributed by atoms with Crippen LogP contribution in [0.5, 0.6) is 29.0 Å². The van der Waals surface area contributed by atoms with Crippen molar-refractivity contribution in [3.8, 4) is 40.4 Å². The number of hydrogen-bond donors (Lipinski definition) is 1. The molecule has 0 saturated carbocycles. The van der Waals surface area contributed by atoms with E-state index >= 15 is 0 Å². The topological polar surface area (TPSA) is 96.9 Å². The fourth-order valence-electron chi connectivity index (χ4n) is 2.66. The van der Waals surface area contributed by atoms with Crippen molar-refractivity contribution in [1.29, 1.82) is 0 Å². The van der Waals surface area contributed by atoms with Crippen molar-refractivity contribution < 1.29 is 23.7 Å². The van der Waals surface area contributed by atoms with Crippen LogP contribution in [0.2, 0.25) is 0 Å². The van der Waals surface area contributed by atoms with E-state index in [0.717, 1.165) is 11.3 Å². The Morgan fingerprint density at radius 1 is 0.690 bits per heavy atom. The maximum Gasteiger partial charge on any atom is 0.321 e. The maximum absolute atomic E-state index is 5.38. The highest BCUT2D eigenvalue weighted by atomic mass is 16.5. The average Bonchev–Trinajstić information content (AvgIpc) is 2.78. The maximum atomic E-state index is 5.38. The highest BCUT2D eigenvalue weighted by Crippen LogP contribution is 2.40. The zero-order valence-corrected chi connectivity index (χ0v) is 16.8. The molecule has 0 unspecified atom stereocenters. The SMILES string of the molecule is COc1ccc(-c2nc(Nc3cc(OC)c(OC)c(OC)c3)nc(OC)n2)cc1. The van der Waals surface area contributed by atoms with Crippen LogP contribution in [-0.4, -0.2) is 50.5 Å². The van der Waals surface area contributed by atoms with Gasteiger partial charge in [-0.15, -0.1) is 0 Å². The van der Waals surface area contributed by atoms with Crippen molar-refractivity contribution in [2.45, 2.75) is 0 Å². The third-order valence-corrected chi connectivity index (χ3v) is 4.07. The van der Waals surface area contributed by atoms with Crippen LogP contribution in [0.25, 0.3) is 11.4 Å². The smallest absolute Gasteiger partial charge is 0.321 e.